The number of halogens is 1. The van der Waals surface area contributed by atoms with Crippen molar-refractivity contribution in [1.29, 1.82) is 0 Å². The van der Waals surface area contributed by atoms with Gasteiger partial charge in [-0.2, -0.15) is 0 Å². The van der Waals surface area contributed by atoms with Gasteiger partial charge in [0.15, 0.2) is 5.43 Å². The number of carbonyl (C=O) groups excluding carboxylic acids is 1. The Morgan fingerprint density at radius 2 is 1.94 bits per heavy atom. The zero-order valence-corrected chi connectivity index (χ0v) is 18.2. The lowest BCUT2D eigenvalue weighted by Gasteiger charge is -2.22. The fourth-order valence-electron chi connectivity index (χ4n) is 3.75. The number of benzene rings is 2. The first-order chi connectivity index (χ1) is 15.0. The number of carbonyl (C=O) groups is 1. The van der Waals surface area contributed by atoms with Crippen LogP contribution >= 0.6 is 22.9 Å². The molecule has 1 amide bonds. The molecule has 0 saturated heterocycles. The first-order valence-electron chi connectivity index (χ1n) is 9.60. The highest BCUT2D eigenvalue weighted by molar-refractivity contribution is 7.15. The van der Waals surface area contributed by atoms with Crippen molar-refractivity contribution >= 4 is 44.9 Å². The minimum atomic E-state index is -0.704. The molecule has 31 heavy (non-hydrogen) atoms. The maximum Gasteiger partial charge on any atom is 0.297 e. The van der Waals surface area contributed by atoms with Crippen LogP contribution in [0.25, 0.3) is 11.0 Å². The highest BCUT2D eigenvalue weighted by Gasteiger charge is 2.45. The van der Waals surface area contributed by atoms with Gasteiger partial charge in [-0.3, -0.25) is 14.5 Å². The normalized spacial score (nSPS) is 15.5. The van der Waals surface area contributed by atoms with Gasteiger partial charge in [0.1, 0.15) is 16.3 Å². The van der Waals surface area contributed by atoms with Crippen molar-refractivity contribution in [3.8, 4) is 5.75 Å². The Morgan fingerprint density at radius 3 is 2.61 bits per heavy atom. The van der Waals surface area contributed by atoms with Gasteiger partial charge in [-0.1, -0.05) is 35.1 Å². The third-order valence-corrected chi connectivity index (χ3v) is 6.13. The number of fused-ring (bicyclic) bond motifs is 2. The molecular formula is C22H16ClN3O4S. The van der Waals surface area contributed by atoms with Crippen molar-refractivity contribution in [1.82, 2.24) is 10.2 Å². The average molecular weight is 454 g/mol. The van der Waals surface area contributed by atoms with E-state index in [0.717, 1.165) is 5.56 Å². The summed E-state index contributed by atoms with van der Waals surface area (Å²) >= 11 is 7.38. The van der Waals surface area contributed by atoms with E-state index in [9.17, 15) is 9.59 Å². The number of aromatic nitrogens is 2. The van der Waals surface area contributed by atoms with Gasteiger partial charge >= 0.3 is 0 Å². The fourth-order valence-corrected chi connectivity index (χ4v) is 4.64. The summed E-state index contributed by atoms with van der Waals surface area (Å²) in [5.74, 6) is 0.275. The number of hydrogen-bond donors (Lipinski definition) is 0. The predicted molar refractivity (Wildman–Crippen MR) is 118 cm³/mol. The second-order valence-electron chi connectivity index (χ2n) is 7.00. The van der Waals surface area contributed by atoms with Crippen LogP contribution in [0.5, 0.6) is 5.75 Å². The Hall–Kier alpha value is -3.23. The van der Waals surface area contributed by atoms with E-state index in [1.165, 1.54) is 16.2 Å². The lowest BCUT2D eigenvalue weighted by molar-refractivity contribution is 0.0970. The molecule has 0 unspecified atom stereocenters. The molecule has 9 heteroatoms. The molecule has 3 heterocycles. The number of rotatable bonds is 4. The first-order valence-corrected chi connectivity index (χ1v) is 10.8. The number of aryl methyl sites for hydroxylation is 1. The number of nitrogens with zero attached hydrogens (tertiary/aromatic N) is 3. The maximum atomic E-state index is 13.5. The molecule has 156 valence electrons. The standard InChI is InChI=1S/C22H16ClN3O4S/c1-3-29-14-7-4-12(5-8-14)18-17-19(27)15-10-13(23)6-9-16(15)30-20(17)21(28)26(18)22-25-24-11(2)31-22/h4-10,18H,3H2,1-2H3/t18-/m1/s1. The van der Waals surface area contributed by atoms with E-state index in [2.05, 4.69) is 10.2 Å². The molecule has 2 aromatic heterocycles. The highest BCUT2D eigenvalue weighted by atomic mass is 35.5. The molecule has 4 aromatic rings. The molecule has 0 radical (unpaired) electrons. The van der Waals surface area contributed by atoms with E-state index in [4.69, 9.17) is 20.8 Å². The van der Waals surface area contributed by atoms with Crippen molar-refractivity contribution in [3.63, 3.8) is 0 Å². The minimum absolute atomic E-state index is 0.00607. The van der Waals surface area contributed by atoms with Gasteiger partial charge in [-0.05, 0) is 49.7 Å². The second-order valence-corrected chi connectivity index (χ2v) is 8.59. The largest absolute Gasteiger partial charge is 0.494 e. The molecule has 1 aliphatic rings. The fraction of sp³-hybridized carbons (Fsp3) is 0.182. The van der Waals surface area contributed by atoms with Crippen LogP contribution in [0.3, 0.4) is 0 Å². The Balaban J connectivity index is 1.76. The number of amides is 1. The van der Waals surface area contributed by atoms with E-state index < -0.39 is 11.9 Å². The first kappa shape index (κ1) is 19.7. The van der Waals surface area contributed by atoms with Gasteiger partial charge in [-0.25, -0.2) is 0 Å². The Bertz CT molecular complexity index is 1380. The Labute approximate surface area is 185 Å². The van der Waals surface area contributed by atoms with E-state index >= 15 is 0 Å². The molecule has 7 nitrogen and oxygen atoms in total. The summed E-state index contributed by atoms with van der Waals surface area (Å²) in [6.07, 6.45) is 0. The van der Waals surface area contributed by atoms with Crippen LogP contribution < -0.4 is 15.1 Å². The van der Waals surface area contributed by atoms with Gasteiger partial charge in [-0.15, -0.1) is 10.2 Å². The zero-order valence-electron chi connectivity index (χ0n) is 16.6. The van der Waals surface area contributed by atoms with Crippen molar-refractivity contribution in [2.24, 2.45) is 0 Å². The Kier molecular flexibility index (Phi) is 4.75. The van der Waals surface area contributed by atoms with Crippen molar-refractivity contribution in [2.45, 2.75) is 19.9 Å². The lowest BCUT2D eigenvalue weighted by atomic mass is 9.98. The Morgan fingerprint density at radius 1 is 1.16 bits per heavy atom. The van der Waals surface area contributed by atoms with Gasteiger partial charge in [0.2, 0.25) is 10.9 Å². The molecule has 0 aliphatic carbocycles. The van der Waals surface area contributed by atoms with Crippen LogP contribution in [0.15, 0.2) is 51.7 Å². The van der Waals surface area contributed by atoms with Gasteiger partial charge in [0.05, 0.1) is 23.6 Å². The summed E-state index contributed by atoms with van der Waals surface area (Å²) in [6.45, 7) is 4.25. The monoisotopic (exact) mass is 453 g/mol. The van der Waals surface area contributed by atoms with Crippen molar-refractivity contribution in [3.05, 3.63) is 79.6 Å². The van der Waals surface area contributed by atoms with Gasteiger partial charge in [0, 0.05) is 5.02 Å². The minimum Gasteiger partial charge on any atom is -0.494 e. The lowest BCUT2D eigenvalue weighted by Crippen LogP contribution is -2.29. The molecule has 0 fully saturated rings. The quantitative estimate of drug-likeness (QED) is 0.443. The SMILES string of the molecule is CCOc1ccc([C@@H]2c3c(oc4ccc(Cl)cc4c3=O)C(=O)N2c2nnc(C)s2)cc1. The maximum absolute atomic E-state index is 13.5. The smallest absolute Gasteiger partial charge is 0.297 e. The van der Waals surface area contributed by atoms with Crippen molar-refractivity contribution in [2.75, 3.05) is 11.5 Å². The van der Waals surface area contributed by atoms with E-state index in [1.54, 1.807) is 25.1 Å². The van der Waals surface area contributed by atoms with Crippen LogP contribution in [0.2, 0.25) is 5.02 Å². The summed E-state index contributed by atoms with van der Waals surface area (Å²) in [6, 6.07) is 11.4. The summed E-state index contributed by atoms with van der Waals surface area (Å²) in [5.41, 5.74) is 1.01. The molecule has 5 rings (SSSR count). The predicted octanol–water partition coefficient (Wildman–Crippen LogP) is 4.75. The average Bonchev–Trinajstić information content (AvgIpc) is 3.31. The summed E-state index contributed by atoms with van der Waals surface area (Å²) in [5, 5.41) is 10.0. The number of anilines is 1. The van der Waals surface area contributed by atoms with Crippen LogP contribution in [-0.2, 0) is 0 Å². The molecule has 1 aliphatic heterocycles. The van der Waals surface area contributed by atoms with E-state index in [0.29, 0.717) is 38.5 Å². The molecule has 2 aromatic carbocycles. The topological polar surface area (TPSA) is 85.5 Å². The summed E-state index contributed by atoms with van der Waals surface area (Å²) < 4.78 is 11.4. The van der Waals surface area contributed by atoms with Crippen LogP contribution in [-0.4, -0.2) is 22.7 Å². The molecule has 0 bridgehead atoms. The highest BCUT2D eigenvalue weighted by Crippen LogP contribution is 2.42. The number of hydrogen-bond acceptors (Lipinski definition) is 7. The molecule has 0 N–H and O–H groups in total. The van der Waals surface area contributed by atoms with Crippen LogP contribution in [0.4, 0.5) is 5.13 Å². The van der Waals surface area contributed by atoms with Gasteiger partial charge < -0.3 is 9.15 Å². The second kappa shape index (κ2) is 7.47. The zero-order chi connectivity index (χ0) is 21.7. The van der Waals surface area contributed by atoms with Crippen LogP contribution in [0, 0.1) is 6.92 Å². The molecule has 0 saturated carbocycles. The van der Waals surface area contributed by atoms with Gasteiger partial charge in [0.25, 0.3) is 5.91 Å². The van der Waals surface area contributed by atoms with Crippen molar-refractivity contribution < 1.29 is 13.9 Å². The third kappa shape index (κ3) is 3.19. The molecule has 1 atom stereocenters. The summed E-state index contributed by atoms with van der Waals surface area (Å²) in [7, 11) is 0. The van der Waals surface area contributed by atoms with E-state index in [-0.39, 0.29) is 16.8 Å². The third-order valence-electron chi connectivity index (χ3n) is 5.06. The molecule has 0 spiro atoms. The van der Waals surface area contributed by atoms with Crippen LogP contribution in [0.1, 0.15) is 39.7 Å². The van der Waals surface area contributed by atoms with E-state index in [1.807, 2.05) is 31.2 Å². The molecular weight excluding hydrogens is 438 g/mol. The number of ether oxygens (including phenoxy) is 1. The summed E-state index contributed by atoms with van der Waals surface area (Å²) in [4.78, 5) is 28.4.